The molecule has 5 rings (SSSR count). The Balaban J connectivity index is 1.65. The molecule has 0 unspecified atom stereocenters. The number of aromatic nitrogens is 1. The monoisotopic (exact) mass is 696 g/mol. The number of benzene rings is 1. The maximum atomic E-state index is 14.6. The van der Waals surface area contributed by atoms with Crippen LogP contribution in [0, 0.1) is 0 Å². The van der Waals surface area contributed by atoms with Crippen LogP contribution in [0.2, 0.25) is 0 Å². The van der Waals surface area contributed by atoms with E-state index in [0.717, 1.165) is 15.4 Å². The van der Waals surface area contributed by atoms with Crippen molar-refractivity contribution in [1.29, 1.82) is 0 Å². The zero-order valence-electron chi connectivity index (χ0n) is 28.2. The van der Waals surface area contributed by atoms with E-state index in [-0.39, 0.29) is 25.4 Å². The van der Waals surface area contributed by atoms with Gasteiger partial charge in [-0.25, -0.2) is 18.2 Å². The molecule has 2 aromatic rings. The summed E-state index contributed by atoms with van der Waals surface area (Å²) in [5, 5.41) is 9.33. The first-order chi connectivity index (χ1) is 22.1. The molecule has 0 spiro atoms. The van der Waals surface area contributed by atoms with Gasteiger partial charge in [0.05, 0.1) is 47.3 Å². The summed E-state index contributed by atoms with van der Waals surface area (Å²) < 4.78 is 89.0. The highest BCUT2D eigenvalue weighted by molar-refractivity contribution is 7.93. The summed E-state index contributed by atoms with van der Waals surface area (Å²) >= 11 is 0. The molecule has 1 aromatic carbocycles. The van der Waals surface area contributed by atoms with Gasteiger partial charge in [0.25, 0.3) is 10.0 Å². The molecule has 15 heteroatoms. The number of carbonyl (C=O) groups excluding carboxylic acids is 1. The fraction of sp³-hybridized carbons (Fsp3) is 0.576. The van der Waals surface area contributed by atoms with Gasteiger partial charge in [-0.3, -0.25) is 4.31 Å². The quantitative estimate of drug-likeness (QED) is 0.419. The molecule has 11 nitrogen and oxygen atoms in total. The number of hydrogen-bond donors (Lipinski definition) is 1. The number of alkyl halides is 3. The minimum Gasteiger partial charge on any atom is -0.474 e. The largest absolute Gasteiger partial charge is 0.474 e. The van der Waals surface area contributed by atoms with Crippen molar-refractivity contribution in [3.8, 4) is 5.88 Å². The van der Waals surface area contributed by atoms with E-state index in [1.807, 2.05) is 50.8 Å². The first kappa shape index (κ1) is 35.7. The second-order valence-electron chi connectivity index (χ2n) is 14.4. The number of aliphatic hydroxyl groups excluding tert-OH is 1. The summed E-state index contributed by atoms with van der Waals surface area (Å²) in [6.45, 7) is 12.8. The van der Waals surface area contributed by atoms with Gasteiger partial charge in [0.1, 0.15) is 12.2 Å². The molecule has 3 aliphatic heterocycles. The summed E-state index contributed by atoms with van der Waals surface area (Å²) in [4.78, 5) is 19.5. The molecule has 264 valence electrons. The highest BCUT2D eigenvalue weighted by atomic mass is 32.2. The maximum Gasteiger partial charge on any atom is 0.417 e. The van der Waals surface area contributed by atoms with Crippen molar-refractivity contribution in [1.82, 2.24) is 9.88 Å². The number of piperazine rings is 1. The van der Waals surface area contributed by atoms with E-state index in [1.54, 1.807) is 26.8 Å². The lowest BCUT2D eigenvalue weighted by atomic mass is 9.85. The van der Waals surface area contributed by atoms with Gasteiger partial charge >= 0.3 is 12.3 Å². The van der Waals surface area contributed by atoms with Gasteiger partial charge in [0.2, 0.25) is 5.88 Å². The van der Waals surface area contributed by atoms with Crippen molar-refractivity contribution >= 4 is 33.1 Å². The maximum absolute atomic E-state index is 14.6. The van der Waals surface area contributed by atoms with Gasteiger partial charge in [-0.15, -0.1) is 0 Å². The Kier molecular flexibility index (Phi) is 9.23. The number of pyridine rings is 1. The molecule has 1 atom stereocenters. The molecule has 0 saturated carbocycles. The number of carbonyl (C=O) groups is 1. The van der Waals surface area contributed by atoms with E-state index in [1.165, 1.54) is 4.90 Å². The van der Waals surface area contributed by atoms with E-state index in [0.29, 0.717) is 37.5 Å². The number of aliphatic hydroxyl groups is 1. The molecule has 48 heavy (non-hydrogen) atoms. The predicted molar refractivity (Wildman–Crippen MR) is 174 cm³/mol. The lowest BCUT2D eigenvalue weighted by Crippen LogP contribution is -2.61. The summed E-state index contributed by atoms with van der Waals surface area (Å²) in [5.74, 6) is -0.563. The highest BCUT2D eigenvalue weighted by Crippen LogP contribution is 2.45. The van der Waals surface area contributed by atoms with Crippen LogP contribution in [0.1, 0.15) is 66.0 Å². The smallest absolute Gasteiger partial charge is 0.417 e. The lowest BCUT2D eigenvalue weighted by Gasteiger charge is -2.49. The number of nitrogens with zero attached hydrogens (tertiary/aromatic N) is 4. The second-order valence-corrected chi connectivity index (χ2v) is 16.3. The molecule has 1 fully saturated rings. The van der Waals surface area contributed by atoms with E-state index in [2.05, 4.69) is 4.98 Å². The third-order valence-electron chi connectivity index (χ3n) is 8.16. The van der Waals surface area contributed by atoms with Crippen LogP contribution in [-0.4, -0.2) is 91.7 Å². The summed E-state index contributed by atoms with van der Waals surface area (Å²) in [5.41, 5.74) is -0.650. The SMILES string of the molecule is CC(C)(C)OC(=O)N1CCN2c3ccc(C4=CC(C)(C)OC(C)(C)C4)cc3N(S(=O)(=O)c3cc(C(F)(F)F)cnc3OCCO)C[C@@H]2C1. The normalized spacial score (nSPS) is 20.9. The van der Waals surface area contributed by atoms with Crippen LogP contribution >= 0.6 is 0 Å². The number of amides is 1. The Morgan fingerprint density at radius 2 is 1.79 bits per heavy atom. The topological polar surface area (TPSA) is 122 Å². The number of hydrogen-bond acceptors (Lipinski definition) is 9. The van der Waals surface area contributed by atoms with E-state index >= 15 is 0 Å². The number of halogens is 3. The van der Waals surface area contributed by atoms with E-state index in [4.69, 9.17) is 14.2 Å². The molecule has 0 radical (unpaired) electrons. The molecule has 1 amide bonds. The molecular weight excluding hydrogens is 653 g/mol. The average Bonchev–Trinajstić information content (AvgIpc) is 2.96. The summed E-state index contributed by atoms with van der Waals surface area (Å²) in [6, 6.07) is 5.40. The van der Waals surface area contributed by atoms with Gasteiger partial charge in [-0.2, -0.15) is 13.2 Å². The number of rotatable bonds is 6. The van der Waals surface area contributed by atoms with Crippen molar-refractivity contribution in [3.05, 3.63) is 47.7 Å². The van der Waals surface area contributed by atoms with Gasteiger partial charge in [0.15, 0.2) is 4.90 Å². The third-order valence-corrected chi connectivity index (χ3v) is 9.93. The molecule has 1 N–H and O–H groups in total. The van der Waals surface area contributed by atoms with Gasteiger partial charge < -0.3 is 29.1 Å². The lowest BCUT2D eigenvalue weighted by molar-refractivity contribution is -0.138. The Hall–Kier alpha value is -3.56. The Morgan fingerprint density at radius 3 is 2.42 bits per heavy atom. The van der Waals surface area contributed by atoms with Crippen molar-refractivity contribution in [2.24, 2.45) is 0 Å². The van der Waals surface area contributed by atoms with Gasteiger partial charge in [-0.1, -0.05) is 6.07 Å². The van der Waals surface area contributed by atoms with Crippen LogP contribution < -0.4 is 13.9 Å². The molecule has 1 saturated heterocycles. The van der Waals surface area contributed by atoms with Crippen molar-refractivity contribution in [2.45, 2.75) is 88.8 Å². The molecular formula is C33H43F3N4O7S. The average molecular weight is 697 g/mol. The molecule has 0 bridgehead atoms. The zero-order chi connectivity index (χ0) is 35.4. The Labute approximate surface area is 279 Å². The number of ether oxygens (including phenoxy) is 3. The zero-order valence-corrected chi connectivity index (χ0v) is 29.0. The Bertz CT molecular complexity index is 1700. The van der Waals surface area contributed by atoms with E-state index < -0.39 is 68.1 Å². The number of fused-ring (bicyclic) bond motifs is 3. The molecule has 1 aromatic heterocycles. The molecule has 3 aliphatic rings. The minimum atomic E-state index is -4.89. The second kappa shape index (κ2) is 12.4. The number of anilines is 2. The van der Waals surface area contributed by atoms with Crippen molar-refractivity contribution in [3.63, 3.8) is 0 Å². The molecule has 4 heterocycles. The van der Waals surface area contributed by atoms with Crippen LogP contribution in [0.25, 0.3) is 5.57 Å². The first-order valence-corrected chi connectivity index (χ1v) is 17.2. The van der Waals surface area contributed by atoms with Crippen LogP contribution in [0.5, 0.6) is 5.88 Å². The fourth-order valence-electron chi connectivity index (χ4n) is 6.54. The van der Waals surface area contributed by atoms with Crippen LogP contribution in [0.15, 0.2) is 41.4 Å². The molecule has 0 aliphatic carbocycles. The van der Waals surface area contributed by atoms with Gasteiger partial charge in [0, 0.05) is 32.3 Å². The van der Waals surface area contributed by atoms with E-state index in [9.17, 15) is 31.5 Å². The summed E-state index contributed by atoms with van der Waals surface area (Å²) in [7, 11) is -4.77. The van der Waals surface area contributed by atoms with Crippen LogP contribution in [0.3, 0.4) is 0 Å². The minimum absolute atomic E-state index is 0.113. The fourth-order valence-corrected chi connectivity index (χ4v) is 8.16. The van der Waals surface area contributed by atoms with Crippen LogP contribution in [-0.2, 0) is 25.7 Å². The first-order valence-electron chi connectivity index (χ1n) is 15.7. The summed E-state index contributed by atoms with van der Waals surface area (Å²) in [6.07, 6.45) is -2.41. The predicted octanol–water partition coefficient (Wildman–Crippen LogP) is 5.47. The van der Waals surface area contributed by atoms with Crippen molar-refractivity contribution < 1.29 is 45.7 Å². The standard InChI is InChI=1S/C33H43F3N4O7S/c1-30(2,3)46-29(42)38-10-11-39-24(19-38)20-40(48(43,44)27-15-23(33(34,35)36)18-37-28(27)45-13-12-41)26-14-21(8-9-25(26)39)22-16-31(4,5)47-32(6,7)17-22/h8-9,14-16,18,24,41H,10-13,17,19-20H2,1-7H3/t24-/m0/s1. The van der Waals surface area contributed by atoms with Gasteiger partial charge in [-0.05, 0) is 83.9 Å². The highest BCUT2D eigenvalue weighted by Gasteiger charge is 2.44. The third kappa shape index (κ3) is 7.52. The van der Waals surface area contributed by atoms with Crippen LogP contribution in [0.4, 0.5) is 29.3 Å². The van der Waals surface area contributed by atoms with Crippen molar-refractivity contribution in [2.75, 3.05) is 48.6 Å². The number of sulfonamides is 1. The Morgan fingerprint density at radius 1 is 1.08 bits per heavy atom.